The van der Waals surface area contributed by atoms with Gasteiger partial charge in [0, 0.05) is 6.04 Å². The van der Waals surface area contributed by atoms with E-state index < -0.39 is 23.8 Å². The fourth-order valence-corrected chi connectivity index (χ4v) is 4.98. The number of halogens is 1. The van der Waals surface area contributed by atoms with Crippen LogP contribution in [-0.4, -0.2) is 40.5 Å². The van der Waals surface area contributed by atoms with Crippen molar-refractivity contribution in [1.82, 2.24) is 10.2 Å². The van der Waals surface area contributed by atoms with Crippen molar-refractivity contribution in [3.05, 3.63) is 63.7 Å². The van der Waals surface area contributed by atoms with E-state index in [2.05, 4.69) is 10.6 Å². The van der Waals surface area contributed by atoms with Gasteiger partial charge in [-0.1, -0.05) is 73.8 Å². The SMILES string of the molecule is CCC(C)N(C(=O)C(CC(C)C)NC(=O)OC(C)(C)C)C(C(=O)Nc1c(C)cccc1Cl)c1cc(C)cc(C)c1. The largest absolute Gasteiger partial charge is 0.444 e. The number of alkyl carbamates (subject to hydrolysis) is 1. The molecule has 0 fully saturated rings. The van der Waals surface area contributed by atoms with Gasteiger partial charge in [0.25, 0.3) is 5.91 Å². The minimum atomic E-state index is -0.966. The highest BCUT2D eigenvalue weighted by Gasteiger charge is 2.39. The zero-order valence-corrected chi connectivity index (χ0v) is 26.4. The number of nitrogens with zero attached hydrogens (tertiary/aromatic N) is 1. The Bertz CT molecular complexity index is 1160. The maximum atomic E-state index is 14.4. The monoisotopic (exact) mass is 571 g/mol. The predicted octanol–water partition coefficient (Wildman–Crippen LogP) is 7.51. The third kappa shape index (κ3) is 9.26. The highest BCUT2D eigenvalue weighted by molar-refractivity contribution is 6.34. The van der Waals surface area contributed by atoms with Gasteiger partial charge in [-0.15, -0.1) is 0 Å². The average molecular weight is 572 g/mol. The molecule has 0 saturated carbocycles. The maximum Gasteiger partial charge on any atom is 0.408 e. The van der Waals surface area contributed by atoms with Crippen molar-refractivity contribution in [2.75, 3.05) is 5.32 Å². The minimum absolute atomic E-state index is 0.0990. The molecule has 0 bridgehead atoms. The highest BCUT2D eigenvalue weighted by atomic mass is 35.5. The first-order valence-corrected chi connectivity index (χ1v) is 14.4. The van der Waals surface area contributed by atoms with E-state index in [0.717, 1.165) is 16.7 Å². The zero-order valence-electron chi connectivity index (χ0n) is 25.6. The molecule has 0 aliphatic carbocycles. The van der Waals surface area contributed by atoms with E-state index in [4.69, 9.17) is 16.3 Å². The van der Waals surface area contributed by atoms with Crippen LogP contribution in [-0.2, 0) is 14.3 Å². The summed E-state index contributed by atoms with van der Waals surface area (Å²) in [4.78, 5) is 43.0. The first kappa shape index (κ1) is 33.1. The van der Waals surface area contributed by atoms with Crippen molar-refractivity contribution >= 4 is 35.2 Å². The number of aryl methyl sites for hydroxylation is 3. The standard InChI is InChI=1S/C32H46ClN3O4/c1-11-23(7)36(30(38)26(15-19(2)3)34-31(39)40-32(8,9)10)28(24-17-20(4)16-21(5)18-24)29(37)35-27-22(6)13-12-14-25(27)33/h12-14,16-19,23,26,28H,11,15H2,1-10H3,(H,34,39)(H,35,37). The Hall–Kier alpha value is -3.06. The summed E-state index contributed by atoms with van der Waals surface area (Å²) in [6, 6.07) is 9.13. The number of para-hydroxylation sites is 1. The van der Waals surface area contributed by atoms with Gasteiger partial charge >= 0.3 is 6.09 Å². The molecule has 0 saturated heterocycles. The van der Waals surface area contributed by atoms with E-state index in [0.29, 0.717) is 29.1 Å². The summed E-state index contributed by atoms with van der Waals surface area (Å²) < 4.78 is 5.48. The van der Waals surface area contributed by atoms with Crippen LogP contribution in [0.15, 0.2) is 36.4 Å². The summed E-state index contributed by atoms with van der Waals surface area (Å²) in [6.45, 7) is 19.0. The maximum absolute atomic E-state index is 14.4. The van der Waals surface area contributed by atoms with Crippen LogP contribution in [0.2, 0.25) is 5.02 Å². The van der Waals surface area contributed by atoms with Crippen LogP contribution >= 0.6 is 11.6 Å². The van der Waals surface area contributed by atoms with E-state index in [9.17, 15) is 14.4 Å². The van der Waals surface area contributed by atoms with Gasteiger partial charge in [-0.2, -0.15) is 0 Å². The number of rotatable bonds is 10. The molecule has 3 atom stereocenters. The molecule has 7 nitrogen and oxygen atoms in total. The second kappa shape index (κ2) is 14.0. The number of hydrogen-bond acceptors (Lipinski definition) is 4. The lowest BCUT2D eigenvalue weighted by atomic mass is 9.95. The van der Waals surface area contributed by atoms with Crippen LogP contribution < -0.4 is 10.6 Å². The second-order valence-corrected chi connectivity index (χ2v) is 12.5. The van der Waals surface area contributed by atoms with Gasteiger partial charge in [0.2, 0.25) is 5.91 Å². The lowest BCUT2D eigenvalue weighted by Crippen LogP contribution is -2.55. The van der Waals surface area contributed by atoms with Crippen LogP contribution in [0.3, 0.4) is 0 Å². The van der Waals surface area contributed by atoms with Gasteiger partial charge in [-0.3, -0.25) is 9.59 Å². The molecule has 0 heterocycles. The molecule has 0 radical (unpaired) electrons. The van der Waals surface area contributed by atoms with Gasteiger partial charge in [-0.05, 0) is 84.4 Å². The molecule has 0 aromatic heterocycles. The fraction of sp³-hybridized carbons (Fsp3) is 0.531. The first-order valence-electron chi connectivity index (χ1n) is 14.0. The summed E-state index contributed by atoms with van der Waals surface area (Å²) in [5, 5.41) is 6.21. The van der Waals surface area contributed by atoms with Crippen molar-refractivity contribution in [3.8, 4) is 0 Å². The van der Waals surface area contributed by atoms with Gasteiger partial charge in [0.1, 0.15) is 17.7 Å². The quantitative estimate of drug-likeness (QED) is 0.309. The Morgan fingerprint density at radius 1 is 1.00 bits per heavy atom. The molecule has 40 heavy (non-hydrogen) atoms. The summed E-state index contributed by atoms with van der Waals surface area (Å²) in [7, 11) is 0. The molecule has 3 amide bonds. The number of carbonyl (C=O) groups is 3. The summed E-state index contributed by atoms with van der Waals surface area (Å²) >= 11 is 6.47. The Labute approximate surface area is 245 Å². The molecule has 0 spiro atoms. The van der Waals surface area contributed by atoms with Crippen LogP contribution in [0, 0.1) is 26.7 Å². The third-order valence-electron chi connectivity index (χ3n) is 6.57. The van der Waals surface area contributed by atoms with Gasteiger partial charge in [0.15, 0.2) is 0 Å². The molecule has 8 heteroatoms. The molecule has 2 aromatic carbocycles. The van der Waals surface area contributed by atoms with Crippen molar-refractivity contribution in [1.29, 1.82) is 0 Å². The predicted molar refractivity (Wildman–Crippen MR) is 163 cm³/mol. The number of nitrogens with one attached hydrogen (secondary N) is 2. The molecule has 2 aromatic rings. The molecule has 2 N–H and O–H groups in total. The lowest BCUT2D eigenvalue weighted by molar-refractivity contribution is -0.143. The molecule has 3 unspecified atom stereocenters. The van der Waals surface area contributed by atoms with Crippen molar-refractivity contribution in [2.45, 2.75) is 106 Å². The molecule has 0 aliphatic rings. The Kier molecular flexibility index (Phi) is 11.6. The number of benzene rings is 2. The molecule has 0 aliphatic heterocycles. The van der Waals surface area contributed by atoms with Crippen LogP contribution in [0.1, 0.15) is 89.6 Å². The average Bonchev–Trinajstić information content (AvgIpc) is 2.81. The third-order valence-corrected chi connectivity index (χ3v) is 6.89. The van der Waals surface area contributed by atoms with E-state index in [1.807, 2.05) is 78.8 Å². The Morgan fingerprint density at radius 3 is 2.10 bits per heavy atom. The molecular weight excluding hydrogens is 526 g/mol. The second-order valence-electron chi connectivity index (χ2n) is 12.1. The minimum Gasteiger partial charge on any atom is -0.444 e. The van der Waals surface area contributed by atoms with E-state index in [1.165, 1.54) is 0 Å². The number of amides is 3. The van der Waals surface area contributed by atoms with Crippen LogP contribution in [0.5, 0.6) is 0 Å². The molecular formula is C32H46ClN3O4. The molecule has 2 rings (SSSR count). The van der Waals surface area contributed by atoms with E-state index >= 15 is 0 Å². The van der Waals surface area contributed by atoms with Crippen molar-refractivity contribution < 1.29 is 19.1 Å². The summed E-state index contributed by atoms with van der Waals surface area (Å²) in [5.74, 6) is -0.624. The van der Waals surface area contributed by atoms with Crippen molar-refractivity contribution in [3.63, 3.8) is 0 Å². The smallest absolute Gasteiger partial charge is 0.408 e. The normalized spacial score (nSPS) is 13.8. The van der Waals surface area contributed by atoms with Gasteiger partial charge < -0.3 is 20.3 Å². The topological polar surface area (TPSA) is 87.7 Å². The van der Waals surface area contributed by atoms with Gasteiger partial charge in [-0.25, -0.2) is 4.79 Å². The van der Waals surface area contributed by atoms with Crippen molar-refractivity contribution in [2.24, 2.45) is 5.92 Å². The summed E-state index contributed by atoms with van der Waals surface area (Å²) in [5.41, 5.74) is 3.23. The number of anilines is 1. The van der Waals surface area contributed by atoms with Gasteiger partial charge in [0.05, 0.1) is 10.7 Å². The zero-order chi connectivity index (χ0) is 30.4. The van der Waals surface area contributed by atoms with E-state index in [-0.39, 0.29) is 23.8 Å². The highest BCUT2D eigenvalue weighted by Crippen LogP contribution is 2.32. The summed E-state index contributed by atoms with van der Waals surface area (Å²) in [6.07, 6.45) is 0.317. The first-order chi connectivity index (χ1) is 18.5. The number of carbonyl (C=O) groups excluding carboxylic acids is 3. The fourth-order valence-electron chi connectivity index (χ4n) is 4.71. The molecule has 220 valence electrons. The Balaban J connectivity index is 2.66. The lowest BCUT2D eigenvalue weighted by Gasteiger charge is -2.39. The van der Waals surface area contributed by atoms with Crippen LogP contribution in [0.4, 0.5) is 10.5 Å². The Morgan fingerprint density at radius 2 is 1.60 bits per heavy atom. The number of ether oxygens (including phenoxy) is 1. The van der Waals surface area contributed by atoms with E-state index in [1.54, 1.807) is 31.7 Å². The van der Waals surface area contributed by atoms with Crippen LogP contribution in [0.25, 0.3) is 0 Å². The number of hydrogen-bond donors (Lipinski definition) is 2.